The van der Waals surface area contributed by atoms with Crippen molar-refractivity contribution >= 4 is 29.2 Å². The topological polar surface area (TPSA) is 25.2 Å². The van der Waals surface area contributed by atoms with E-state index in [9.17, 15) is 5.21 Å². The number of benzene rings is 2. The predicted octanol–water partition coefficient (Wildman–Crippen LogP) is 3.08. The fourth-order valence-electron chi connectivity index (χ4n) is 2.21. The SMILES string of the molecule is Bc1ccc(-c2ccc(-c3ccc(Br)cc3)n2O)cc1. The molecule has 3 aromatic rings. The van der Waals surface area contributed by atoms with Gasteiger partial charge in [-0.25, -0.2) is 0 Å². The molecule has 0 spiro atoms. The van der Waals surface area contributed by atoms with Crippen LogP contribution in [0.5, 0.6) is 0 Å². The van der Waals surface area contributed by atoms with Crippen molar-refractivity contribution in [3.63, 3.8) is 0 Å². The summed E-state index contributed by atoms with van der Waals surface area (Å²) in [5.41, 5.74) is 4.77. The van der Waals surface area contributed by atoms with Crippen LogP contribution in [0.3, 0.4) is 0 Å². The zero-order valence-electron chi connectivity index (χ0n) is 11.0. The van der Waals surface area contributed by atoms with Crippen molar-refractivity contribution in [2.45, 2.75) is 0 Å². The second kappa shape index (κ2) is 5.21. The number of nitrogens with zero attached hydrogens (tertiary/aromatic N) is 1. The van der Waals surface area contributed by atoms with Gasteiger partial charge in [-0.1, -0.05) is 57.8 Å². The van der Waals surface area contributed by atoms with Crippen LogP contribution in [-0.4, -0.2) is 17.8 Å². The molecule has 0 radical (unpaired) electrons. The summed E-state index contributed by atoms with van der Waals surface area (Å²) in [6.07, 6.45) is 0. The minimum Gasteiger partial charge on any atom is -0.428 e. The first-order valence-corrected chi connectivity index (χ1v) is 7.18. The normalized spacial score (nSPS) is 10.7. The quantitative estimate of drug-likeness (QED) is 0.568. The lowest BCUT2D eigenvalue weighted by molar-refractivity contribution is 0.197. The number of rotatable bonds is 2. The van der Waals surface area contributed by atoms with Crippen molar-refractivity contribution in [1.29, 1.82) is 0 Å². The maximum atomic E-state index is 10.4. The number of hydrogen-bond donors (Lipinski definition) is 1. The molecule has 0 bridgehead atoms. The average Bonchev–Trinajstić information content (AvgIpc) is 2.83. The third kappa shape index (κ3) is 2.39. The van der Waals surface area contributed by atoms with E-state index in [1.165, 1.54) is 10.2 Å². The lowest BCUT2D eigenvalue weighted by atomic mass is 9.95. The van der Waals surface area contributed by atoms with Crippen LogP contribution in [0.4, 0.5) is 0 Å². The predicted molar refractivity (Wildman–Crippen MR) is 88.4 cm³/mol. The van der Waals surface area contributed by atoms with E-state index in [2.05, 4.69) is 23.8 Å². The minimum atomic E-state index is 0.785. The van der Waals surface area contributed by atoms with Gasteiger partial charge in [0.15, 0.2) is 0 Å². The van der Waals surface area contributed by atoms with E-state index in [0.29, 0.717) is 0 Å². The average molecular weight is 326 g/mol. The van der Waals surface area contributed by atoms with E-state index in [0.717, 1.165) is 27.0 Å². The molecule has 1 heterocycles. The number of hydrogen-bond acceptors (Lipinski definition) is 1. The summed E-state index contributed by atoms with van der Waals surface area (Å²) in [6.45, 7) is 0. The van der Waals surface area contributed by atoms with Gasteiger partial charge in [0.1, 0.15) is 7.85 Å². The van der Waals surface area contributed by atoms with Crippen molar-refractivity contribution in [3.05, 3.63) is 65.1 Å². The fraction of sp³-hybridized carbons (Fsp3) is 0. The second-order valence-corrected chi connectivity index (χ2v) is 5.70. The first-order valence-electron chi connectivity index (χ1n) is 6.39. The van der Waals surface area contributed by atoms with Crippen molar-refractivity contribution in [2.75, 3.05) is 0 Å². The summed E-state index contributed by atoms with van der Waals surface area (Å²) in [7, 11) is 2.05. The fourth-order valence-corrected chi connectivity index (χ4v) is 2.48. The van der Waals surface area contributed by atoms with Crippen LogP contribution in [0, 0.1) is 0 Å². The molecule has 20 heavy (non-hydrogen) atoms. The van der Waals surface area contributed by atoms with Gasteiger partial charge in [-0.05, 0) is 24.3 Å². The monoisotopic (exact) mass is 325 g/mol. The van der Waals surface area contributed by atoms with E-state index < -0.39 is 0 Å². The largest absolute Gasteiger partial charge is 0.428 e. The zero-order chi connectivity index (χ0) is 14.1. The Morgan fingerprint density at radius 1 is 0.750 bits per heavy atom. The molecule has 0 atom stereocenters. The van der Waals surface area contributed by atoms with Crippen LogP contribution in [0.25, 0.3) is 22.5 Å². The molecule has 2 nitrogen and oxygen atoms in total. The Kier molecular flexibility index (Phi) is 3.41. The molecule has 98 valence electrons. The van der Waals surface area contributed by atoms with E-state index in [1.54, 1.807) is 0 Å². The Morgan fingerprint density at radius 3 is 1.70 bits per heavy atom. The summed E-state index contributed by atoms with van der Waals surface area (Å²) in [4.78, 5) is 0. The van der Waals surface area contributed by atoms with Gasteiger partial charge in [0.2, 0.25) is 0 Å². The molecule has 4 heteroatoms. The summed E-state index contributed by atoms with van der Waals surface area (Å²) in [6, 6.07) is 19.9. The Bertz CT molecular complexity index is 669. The van der Waals surface area contributed by atoms with Crippen molar-refractivity contribution in [3.8, 4) is 22.5 Å². The summed E-state index contributed by atoms with van der Waals surface area (Å²) in [5.74, 6) is 0. The Labute approximate surface area is 127 Å². The molecule has 3 rings (SSSR count). The first kappa shape index (κ1) is 13.1. The highest BCUT2D eigenvalue weighted by atomic mass is 79.9. The number of halogens is 1. The van der Waals surface area contributed by atoms with E-state index in [4.69, 9.17) is 0 Å². The molecular formula is C16H13BBrNO. The number of aromatic nitrogens is 1. The van der Waals surface area contributed by atoms with Gasteiger partial charge in [0, 0.05) is 15.6 Å². The summed E-state index contributed by atoms with van der Waals surface area (Å²) >= 11 is 3.42. The molecular weight excluding hydrogens is 313 g/mol. The summed E-state index contributed by atoms with van der Waals surface area (Å²) in [5, 5.41) is 10.4. The molecule has 0 amide bonds. The van der Waals surface area contributed by atoms with Gasteiger partial charge in [-0.2, -0.15) is 4.73 Å². The molecule has 0 unspecified atom stereocenters. The molecule has 1 aromatic heterocycles. The van der Waals surface area contributed by atoms with Gasteiger partial charge >= 0.3 is 0 Å². The Morgan fingerprint density at radius 2 is 1.20 bits per heavy atom. The highest BCUT2D eigenvalue weighted by Crippen LogP contribution is 2.28. The highest BCUT2D eigenvalue weighted by molar-refractivity contribution is 9.10. The van der Waals surface area contributed by atoms with Gasteiger partial charge in [-0.15, -0.1) is 0 Å². The Hall–Kier alpha value is -1.94. The van der Waals surface area contributed by atoms with Gasteiger partial charge in [-0.3, -0.25) is 0 Å². The zero-order valence-corrected chi connectivity index (χ0v) is 12.6. The van der Waals surface area contributed by atoms with Gasteiger partial charge < -0.3 is 5.21 Å². The smallest absolute Gasteiger partial charge is 0.139 e. The van der Waals surface area contributed by atoms with Crippen molar-refractivity contribution in [2.24, 2.45) is 0 Å². The molecule has 0 saturated carbocycles. The summed E-state index contributed by atoms with van der Waals surface area (Å²) < 4.78 is 2.27. The van der Waals surface area contributed by atoms with Crippen molar-refractivity contribution < 1.29 is 5.21 Å². The lowest BCUT2D eigenvalue weighted by Gasteiger charge is -2.07. The second-order valence-electron chi connectivity index (χ2n) is 4.79. The highest BCUT2D eigenvalue weighted by Gasteiger charge is 2.10. The van der Waals surface area contributed by atoms with E-state index in [-0.39, 0.29) is 0 Å². The Balaban J connectivity index is 2.04. The third-order valence-corrected chi connectivity index (χ3v) is 3.87. The molecule has 0 fully saturated rings. The van der Waals surface area contributed by atoms with Gasteiger partial charge in [0.25, 0.3) is 0 Å². The molecule has 0 saturated heterocycles. The van der Waals surface area contributed by atoms with E-state index in [1.807, 2.05) is 60.7 Å². The maximum absolute atomic E-state index is 10.4. The first-order chi connectivity index (χ1) is 9.65. The molecule has 1 N–H and O–H groups in total. The molecule has 0 aliphatic heterocycles. The molecule has 0 aliphatic rings. The van der Waals surface area contributed by atoms with Crippen LogP contribution in [-0.2, 0) is 0 Å². The maximum Gasteiger partial charge on any atom is 0.139 e. The van der Waals surface area contributed by atoms with E-state index >= 15 is 0 Å². The van der Waals surface area contributed by atoms with Crippen LogP contribution < -0.4 is 5.46 Å². The molecule has 2 aromatic carbocycles. The van der Waals surface area contributed by atoms with Crippen LogP contribution in [0.1, 0.15) is 0 Å². The standard InChI is InChI=1S/C16H13BBrNO/c17-13-5-1-11(2-6-13)15-9-10-16(19(15)20)12-3-7-14(18)8-4-12/h1-10,20H,17H2. The van der Waals surface area contributed by atoms with Crippen LogP contribution >= 0.6 is 15.9 Å². The third-order valence-electron chi connectivity index (χ3n) is 3.34. The van der Waals surface area contributed by atoms with Crippen LogP contribution in [0.2, 0.25) is 0 Å². The van der Waals surface area contributed by atoms with Gasteiger partial charge in [0.05, 0.1) is 11.4 Å². The van der Waals surface area contributed by atoms with Crippen LogP contribution in [0.15, 0.2) is 65.1 Å². The molecule has 0 aliphatic carbocycles. The lowest BCUT2D eigenvalue weighted by Crippen LogP contribution is -2.01. The minimum absolute atomic E-state index is 0.785. The van der Waals surface area contributed by atoms with Crippen molar-refractivity contribution in [1.82, 2.24) is 4.73 Å².